The van der Waals surface area contributed by atoms with Crippen molar-refractivity contribution in [2.75, 3.05) is 26.4 Å². The molecule has 0 spiro atoms. The molecule has 0 aliphatic carbocycles. The molecule has 1 saturated heterocycles. The SMILES string of the molecule is CC/C=C\C/C=C\C/C=C\C/C=C\C/C=C\C/C=C\CCCCCCCCC(=O)OC(COCCCCCCCCCCCCCCCCC)COC1OC(CO)C(O)C(OS(=O)(=O)O)C1O. The number of aliphatic hydroxyl groups is 3. The molecule has 0 radical (unpaired) electrons. The Morgan fingerprint density at radius 1 is 0.582 bits per heavy atom. The van der Waals surface area contributed by atoms with Crippen LogP contribution in [-0.2, 0) is 38.3 Å². The Balaban J connectivity index is 2.36. The summed E-state index contributed by atoms with van der Waals surface area (Å²) >= 11 is 0. The van der Waals surface area contributed by atoms with E-state index in [-0.39, 0.29) is 19.6 Å². The van der Waals surface area contributed by atoms with Crippen molar-refractivity contribution in [2.24, 2.45) is 0 Å². The van der Waals surface area contributed by atoms with Crippen molar-refractivity contribution in [1.29, 1.82) is 0 Å². The van der Waals surface area contributed by atoms with Gasteiger partial charge in [-0.05, 0) is 64.2 Å². The first-order valence-corrected chi connectivity index (χ1v) is 27.6. The fraction of sp³-hybridized carbons (Fsp3) is 0.759. The van der Waals surface area contributed by atoms with E-state index < -0.39 is 59.8 Å². The Morgan fingerprint density at radius 2 is 1.03 bits per heavy atom. The van der Waals surface area contributed by atoms with Gasteiger partial charge in [-0.1, -0.05) is 202 Å². The molecule has 6 atom stereocenters. The van der Waals surface area contributed by atoms with E-state index in [0.29, 0.717) is 13.0 Å². The van der Waals surface area contributed by atoms with Crippen LogP contribution in [0, 0.1) is 0 Å². The zero-order valence-electron chi connectivity index (χ0n) is 41.7. The first-order chi connectivity index (χ1) is 32.6. The lowest BCUT2D eigenvalue weighted by Gasteiger charge is -2.41. The van der Waals surface area contributed by atoms with Gasteiger partial charge in [0.1, 0.15) is 30.5 Å². The van der Waals surface area contributed by atoms with Crippen LogP contribution in [0.5, 0.6) is 0 Å². The topological polar surface area (TPSA) is 178 Å². The maximum atomic E-state index is 12.9. The quantitative estimate of drug-likeness (QED) is 0.0197. The molecule has 4 N–H and O–H groups in total. The van der Waals surface area contributed by atoms with Crippen molar-refractivity contribution in [1.82, 2.24) is 0 Å². The van der Waals surface area contributed by atoms with Crippen molar-refractivity contribution in [3.05, 3.63) is 72.9 Å². The second kappa shape index (κ2) is 44.7. The number of allylic oxidation sites excluding steroid dienone is 12. The molecule has 67 heavy (non-hydrogen) atoms. The number of carbonyl (C=O) groups excluding carboxylic acids is 1. The van der Waals surface area contributed by atoms with E-state index >= 15 is 0 Å². The maximum absolute atomic E-state index is 12.9. The van der Waals surface area contributed by atoms with Crippen LogP contribution in [-0.4, -0.2) is 97.5 Å². The summed E-state index contributed by atoms with van der Waals surface area (Å²) < 4.78 is 59.3. The van der Waals surface area contributed by atoms with Crippen molar-refractivity contribution in [3.8, 4) is 0 Å². The molecule has 0 aromatic heterocycles. The van der Waals surface area contributed by atoms with Gasteiger partial charge in [0.2, 0.25) is 0 Å². The summed E-state index contributed by atoms with van der Waals surface area (Å²) in [7, 11) is -5.07. The van der Waals surface area contributed by atoms with Crippen molar-refractivity contribution in [2.45, 2.75) is 237 Å². The molecule has 1 heterocycles. The lowest BCUT2D eigenvalue weighted by atomic mass is 9.99. The first-order valence-electron chi connectivity index (χ1n) is 26.2. The van der Waals surface area contributed by atoms with Gasteiger partial charge in [-0.15, -0.1) is 0 Å². The highest BCUT2D eigenvalue weighted by molar-refractivity contribution is 7.80. The summed E-state index contributed by atoms with van der Waals surface area (Å²) in [4.78, 5) is 12.9. The normalized spacial score (nSPS) is 20.0. The minimum absolute atomic E-state index is 0.0287. The fourth-order valence-corrected chi connectivity index (χ4v) is 8.18. The van der Waals surface area contributed by atoms with Gasteiger partial charge >= 0.3 is 16.4 Å². The number of rotatable bonds is 45. The average Bonchev–Trinajstić information content (AvgIpc) is 3.30. The third-order valence-corrected chi connectivity index (χ3v) is 12.1. The molecular weight excluding hydrogens is 873 g/mol. The number of hydrogen-bond acceptors (Lipinski definition) is 11. The Hall–Kier alpha value is -2.46. The third-order valence-electron chi connectivity index (χ3n) is 11.6. The van der Waals surface area contributed by atoms with E-state index in [0.717, 1.165) is 96.3 Å². The van der Waals surface area contributed by atoms with E-state index in [4.69, 9.17) is 18.9 Å². The van der Waals surface area contributed by atoms with E-state index in [2.05, 4.69) is 90.9 Å². The molecular formula is C54H94O12S. The summed E-state index contributed by atoms with van der Waals surface area (Å²) in [5.74, 6) is -0.414. The molecule has 13 heteroatoms. The molecule has 388 valence electrons. The largest absolute Gasteiger partial charge is 0.457 e. The number of carbonyl (C=O) groups is 1. The van der Waals surface area contributed by atoms with Crippen LogP contribution in [0.1, 0.15) is 200 Å². The molecule has 1 aliphatic rings. The van der Waals surface area contributed by atoms with Crippen molar-refractivity contribution < 1.29 is 56.2 Å². The van der Waals surface area contributed by atoms with Gasteiger partial charge in [0.15, 0.2) is 6.29 Å². The Kier molecular flexibility index (Phi) is 41.8. The average molecular weight is 967 g/mol. The predicted octanol–water partition coefficient (Wildman–Crippen LogP) is 12.2. The monoisotopic (exact) mass is 967 g/mol. The molecule has 0 saturated carbocycles. The van der Waals surface area contributed by atoms with Crippen LogP contribution < -0.4 is 0 Å². The van der Waals surface area contributed by atoms with Crippen LogP contribution in [0.3, 0.4) is 0 Å². The zero-order chi connectivity index (χ0) is 48.9. The molecule has 0 bridgehead atoms. The van der Waals surface area contributed by atoms with E-state index in [1.807, 2.05) is 0 Å². The highest BCUT2D eigenvalue weighted by Gasteiger charge is 2.48. The number of aliphatic hydroxyl groups excluding tert-OH is 3. The van der Waals surface area contributed by atoms with Crippen molar-refractivity contribution >= 4 is 16.4 Å². The van der Waals surface area contributed by atoms with Crippen LogP contribution in [0.4, 0.5) is 0 Å². The lowest BCUT2D eigenvalue weighted by molar-refractivity contribution is -0.301. The Bertz CT molecular complexity index is 1440. The molecule has 0 amide bonds. The summed E-state index contributed by atoms with van der Waals surface area (Å²) in [6, 6.07) is 0. The zero-order valence-corrected chi connectivity index (χ0v) is 42.5. The number of unbranched alkanes of at least 4 members (excludes halogenated alkanes) is 20. The van der Waals surface area contributed by atoms with Crippen molar-refractivity contribution in [3.63, 3.8) is 0 Å². The van der Waals surface area contributed by atoms with Gasteiger partial charge in [0, 0.05) is 13.0 Å². The molecule has 1 rings (SSSR count). The molecule has 12 nitrogen and oxygen atoms in total. The molecule has 0 aromatic rings. The predicted molar refractivity (Wildman–Crippen MR) is 271 cm³/mol. The smallest absolute Gasteiger partial charge is 0.397 e. The Labute approximate surface area is 407 Å². The van der Waals surface area contributed by atoms with Gasteiger partial charge in [0.25, 0.3) is 0 Å². The summed E-state index contributed by atoms with van der Waals surface area (Å²) in [6.07, 6.45) is 49.3. The molecule has 1 aliphatic heterocycles. The van der Waals surface area contributed by atoms with Crippen LogP contribution in [0.2, 0.25) is 0 Å². The van der Waals surface area contributed by atoms with E-state index in [1.54, 1.807) is 0 Å². The van der Waals surface area contributed by atoms with Gasteiger partial charge in [-0.25, -0.2) is 4.18 Å². The molecule has 6 unspecified atom stereocenters. The first kappa shape index (κ1) is 62.6. The summed E-state index contributed by atoms with van der Waals surface area (Å²) in [5, 5.41) is 30.8. The third kappa shape index (κ3) is 38.0. The number of hydrogen-bond donors (Lipinski definition) is 4. The van der Waals surface area contributed by atoms with Gasteiger partial charge < -0.3 is 34.3 Å². The van der Waals surface area contributed by atoms with Gasteiger partial charge in [-0.2, -0.15) is 8.42 Å². The van der Waals surface area contributed by atoms with Gasteiger partial charge in [0.05, 0.1) is 19.8 Å². The Morgan fingerprint density at radius 3 is 1.51 bits per heavy atom. The lowest BCUT2D eigenvalue weighted by Crippen LogP contribution is -2.60. The second-order valence-corrected chi connectivity index (χ2v) is 18.8. The fourth-order valence-electron chi connectivity index (χ4n) is 7.68. The number of ether oxygens (including phenoxy) is 4. The highest BCUT2D eigenvalue weighted by Crippen LogP contribution is 2.26. The van der Waals surface area contributed by atoms with Crippen LogP contribution in [0.15, 0.2) is 72.9 Å². The standard InChI is InChI=1S/C54H94O12S/c1-3-5-7-9-11-13-15-17-19-20-21-22-23-24-25-26-27-28-29-31-33-35-37-39-41-43-50(56)64-48(47-63-54-52(58)53(66-67(59,60)61)51(57)49(45-55)65-54)46-62-44-42-40-38-36-34-32-30-18-16-14-12-10-8-6-4-2/h5,7,11,13,17,19,21-22,24-25,27-28,48-49,51-55,57-58H,3-4,6,8-10,12,14-16,18,20,23,26,29-47H2,1-2H3,(H,59,60,61)/b7-5-,13-11-,19-17-,22-21-,25-24-,28-27-. The maximum Gasteiger partial charge on any atom is 0.397 e. The summed E-state index contributed by atoms with van der Waals surface area (Å²) in [5.41, 5.74) is 0. The second-order valence-electron chi connectivity index (χ2n) is 17.7. The van der Waals surface area contributed by atoms with E-state index in [1.165, 1.54) is 77.0 Å². The summed E-state index contributed by atoms with van der Waals surface area (Å²) in [6.45, 7) is 3.87. The van der Waals surface area contributed by atoms with Crippen LogP contribution >= 0.6 is 0 Å². The molecule has 1 fully saturated rings. The van der Waals surface area contributed by atoms with E-state index in [9.17, 15) is 33.1 Å². The minimum atomic E-state index is -5.07. The van der Waals surface area contributed by atoms with Gasteiger partial charge in [-0.3, -0.25) is 9.35 Å². The highest BCUT2D eigenvalue weighted by atomic mass is 32.3. The minimum Gasteiger partial charge on any atom is -0.457 e. The number of esters is 1. The van der Waals surface area contributed by atoms with Crippen LogP contribution in [0.25, 0.3) is 0 Å². The molecule has 0 aromatic carbocycles.